The number of carbonyl (C=O) groups is 1. The van der Waals surface area contributed by atoms with Crippen molar-refractivity contribution in [1.29, 1.82) is 0 Å². The second-order valence-corrected chi connectivity index (χ2v) is 7.37. The molecule has 0 aliphatic carbocycles. The Labute approximate surface area is 153 Å². The average molecular weight is 380 g/mol. The van der Waals surface area contributed by atoms with Crippen molar-refractivity contribution in [1.82, 2.24) is 20.0 Å². The average Bonchev–Trinajstić information content (AvgIpc) is 3.03. The van der Waals surface area contributed by atoms with Gasteiger partial charge in [0.2, 0.25) is 0 Å². The maximum absolute atomic E-state index is 12.4. The fourth-order valence-corrected chi connectivity index (χ4v) is 3.39. The number of carbonyl (C=O) groups excluding carboxylic acids is 1. The highest BCUT2D eigenvalue weighted by Gasteiger charge is 2.29. The highest BCUT2D eigenvalue weighted by Crippen LogP contribution is 2.15. The van der Waals surface area contributed by atoms with Gasteiger partial charge in [-0.1, -0.05) is 0 Å². The van der Waals surface area contributed by atoms with Crippen LogP contribution in [0.4, 0.5) is 18.0 Å². The number of halogens is 3. The van der Waals surface area contributed by atoms with E-state index < -0.39 is 12.8 Å². The highest BCUT2D eigenvalue weighted by molar-refractivity contribution is 5.74. The van der Waals surface area contributed by atoms with Gasteiger partial charge in [-0.15, -0.1) is 0 Å². The molecule has 2 saturated heterocycles. The van der Waals surface area contributed by atoms with Crippen molar-refractivity contribution in [2.75, 3.05) is 59.0 Å². The van der Waals surface area contributed by atoms with Crippen molar-refractivity contribution in [3.63, 3.8) is 0 Å². The van der Waals surface area contributed by atoms with Crippen molar-refractivity contribution in [3.8, 4) is 0 Å². The molecule has 2 aliphatic rings. The van der Waals surface area contributed by atoms with E-state index in [1.165, 1.54) is 0 Å². The van der Waals surface area contributed by atoms with E-state index in [9.17, 15) is 18.0 Å². The van der Waals surface area contributed by atoms with Crippen molar-refractivity contribution in [2.45, 2.75) is 44.9 Å². The monoisotopic (exact) mass is 380 g/mol. The third-order valence-electron chi connectivity index (χ3n) is 4.97. The number of rotatable bonds is 7. The molecule has 0 saturated carbocycles. The lowest BCUT2D eigenvalue weighted by Gasteiger charge is -2.35. The van der Waals surface area contributed by atoms with Gasteiger partial charge in [0.25, 0.3) is 0 Å². The number of nitrogens with zero attached hydrogens (tertiary/aromatic N) is 3. The van der Waals surface area contributed by atoms with E-state index >= 15 is 0 Å². The topological polar surface area (TPSA) is 48.1 Å². The zero-order valence-corrected chi connectivity index (χ0v) is 15.7. The summed E-state index contributed by atoms with van der Waals surface area (Å²) >= 11 is 0. The summed E-state index contributed by atoms with van der Waals surface area (Å²) in [6.07, 6.45) is -2.71. The van der Waals surface area contributed by atoms with E-state index in [2.05, 4.69) is 33.7 Å². The van der Waals surface area contributed by atoms with E-state index in [1.807, 2.05) is 4.90 Å². The van der Waals surface area contributed by atoms with Gasteiger partial charge in [-0.05, 0) is 26.7 Å². The van der Waals surface area contributed by atoms with E-state index in [0.717, 1.165) is 32.6 Å². The second kappa shape index (κ2) is 9.75. The van der Waals surface area contributed by atoms with Gasteiger partial charge in [0.05, 0.1) is 0 Å². The van der Waals surface area contributed by atoms with Gasteiger partial charge in [-0.3, -0.25) is 9.80 Å². The molecule has 0 spiro atoms. The number of piperazine rings is 1. The van der Waals surface area contributed by atoms with Crippen LogP contribution < -0.4 is 5.32 Å². The Balaban J connectivity index is 1.57. The van der Waals surface area contributed by atoms with Gasteiger partial charge in [0.1, 0.15) is 6.61 Å². The van der Waals surface area contributed by atoms with Crippen LogP contribution in [0.1, 0.15) is 26.7 Å². The fourth-order valence-electron chi connectivity index (χ4n) is 3.39. The zero-order valence-electron chi connectivity index (χ0n) is 15.7. The molecule has 1 unspecified atom stereocenters. The van der Waals surface area contributed by atoms with E-state index in [-0.39, 0.29) is 18.7 Å². The van der Waals surface area contributed by atoms with E-state index in [0.29, 0.717) is 32.1 Å². The van der Waals surface area contributed by atoms with Gasteiger partial charge in [-0.2, -0.15) is 13.2 Å². The first-order valence-electron chi connectivity index (χ1n) is 9.41. The number of alkyl halides is 3. The third-order valence-corrected chi connectivity index (χ3v) is 4.97. The number of nitrogens with one attached hydrogen (secondary N) is 1. The van der Waals surface area contributed by atoms with Gasteiger partial charge in [-0.25, -0.2) is 4.79 Å². The quantitative estimate of drug-likeness (QED) is 0.684. The van der Waals surface area contributed by atoms with Gasteiger partial charge in [0.15, 0.2) is 0 Å². The number of urea groups is 1. The fraction of sp³-hybridized carbons (Fsp3) is 0.941. The van der Waals surface area contributed by atoms with Crippen LogP contribution in [0.3, 0.4) is 0 Å². The summed E-state index contributed by atoms with van der Waals surface area (Å²) in [5, 5.41) is 3.12. The standard InChI is InChI=1S/C17H31F3N4O2/c1-14(2)24-6-4-15(12-24)21-16(25)23-9-7-22(8-10-23)5-3-11-26-13-17(18,19)20/h14-15H,3-13H2,1-2H3,(H,21,25). The zero-order chi connectivity index (χ0) is 19.2. The molecule has 0 aromatic heterocycles. The maximum Gasteiger partial charge on any atom is 0.411 e. The molecule has 2 heterocycles. The van der Waals surface area contributed by atoms with E-state index in [1.54, 1.807) is 0 Å². The lowest BCUT2D eigenvalue weighted by molar-refractivity contribution is -0.174. The summed E-state index contributed by atoms with van der Waals surface area (Å²) in [7, 11) is 0. The SMILES string of the molecule is CC(C)N1CCC(NC(=O)N2CCN(CCCOCC(F)(F)F)CC2)C1. The van der Waals surface area contributed by atoms with Crippen LogP contribution >= 0.6 is 0 Å². The van der Waals surface area contributed by atoms with Crippen LogP contribution in [-0.4, -0.2) is 98.0 Å². The molecule has 1 atom stereocenters. The Hall–Kier alpha value is -1.06. The molecule has 9 heteroatoms. The first-order chi connectivity index (χ1) is 12.2. The summed E-state index contributed by atoms with van der Waals surface area (Å²) < 4.78 is 40.6. The minimum Gasteiger partial charge on any atom is -0.372 e. The third kappa shape index (κ3) is 7.28. The number of ether oxygens (including phenoxy) is 1. The number of hydrogen-bond donors (Lipinski definition) is 1. The lowest BCUT2D eigenvalue weighted by atomic mass is 10.2. The van der Waals surface area contributed by atoms with Crippen LogP contribution in [0.2, 0.25) is 0 Å². The first kappa shape index (κ1) is 21.2. The van der Waals surface area contributed by atoms with Crippen LogP contribution in [0.5, 0.6) is 0 Å². The summed E-state index contributed by atoms with van der Waals surface area (Å²) in [6, 6.07) is 0.711. The van der Waals surface area contributed by atoms with Gasteiger partial charge < -0.3 is 15.0 Å². The van der Waals surface area contributed by atoms with Gasteiger partial charge >= 0.3 is 12.2 Å². The lowest BCUT2D eigenvalue weighted by Crippen LogP contribution is -2.54. The van der Waals surface area contributed by atoms with Crippen molar-refractivity contribution < 1.29 is 22.7 Å². The largest absolute Gasteiger partial charge is 0.411 e. The predicted octanol–water partition coefficient (Wildman–Crippen LogP) is 1.77. The van der Waals surface area contributed by atoms with Crippen molar-refractivity contribution in [3.05, 3.63) is 0 Å². The Bertz CT molecular complexity index is 440. The molecule has 0 radical (unpaired) electrons. The molecule has 0 bridgehead atoms. The predicted molar refractivity (Wildman–Crippen MR) is 93.1 cm³/mol. The Morgan fingerprint density at radius 1 is 1.19 bits per heavy atom. The summed E-state index contributed by atoms with van der Waals surface area (Å²) in [4.78, 5) is 18.7. The van der Waals surface area contributed by atoms with Crippen LogP contribution in [-0.2, 0) is 4.74 Å². The number of hydrogen-bond acceptors (Lipinski definition) is 4. The molecule has 2 amide bonds. The second-order valence-electron chi connectivity index (χ2n) is 7.37. The van der Waals surface area contributed by atoms with Crippen LogP contribution in [0.15, 0.2) is 0 Å². The molecule has 26 heavy (non-hydrogen) atoms. The minimum atomic E-state index is -4.26. The Morgan fingerprint density at radius 3 is 2.46 bits per heavy atom. The molecule has 0 aromatic carbocycles. The normalized spacial score (nSPS) is 23.0. The molecule has 2 aliphatic heterocycles. The molecule has 2 fully saturated rings. The van der Waals surface area contributed by atoms with E-state index in [4.69, 9.17) is 0 Å². The Kier molecular flexibility index (Phi) is 7.97. The van der Waals surface area contributed by atoms with Crippen molar-refractivity contribution >= 4 is 6.03 Å². The van der Waals surface area contributed by atoms with Gasteiger partial charge in [0, 0.05) is 64.5 Å². The maximum atomic E-state index is 12.4. The number of amides is 2. The molecule has 2 rings (SSSR count). The molecule has 6 nitrogen and oxygen atoms in total. The smallest absolute Gasteiger partial charge is 0.372 e. The Morgan fingerprint density at radius 2 is 1.88 bits per heavy atom. The molecular formula is C17H31F3N4O2. The first-order valence-corrected chi connectivity index (χ1v) is 9.41. The molecular weight excluding hydrogens is 349 g/mol. The highest BCUT2D eigenvalue weighted by atomic mass is 19.4. The van der Waals surface area contributed by atoms with Crippen molar-refractivity contribution in [2.24, 2.45) is 0 Å². The van der Waals surface area contributed by atoms with Crippen LogP contribution in [0.25, 0.3) is 0 Å². The summed E-state index contributed by atoms with van der Waals surface area (Å²) in [5.41, 5.74) is 0. The van der Waals surface area contributed by atoms with Crippen LogP contribution in [0, 0.1) is 0 Å². The molecule has 152 valence electrons. The summed E-state index contributed by atoms with van der Waals surface area (Å²) in [6.45, 7) is 8.66. The summed E-state index contributed by atoms with van der Waals surface area (Å²) in [5.74, 6) is 0. The molecule has 0 aromatic rings. The number of likely N-dealkylation sites (tertiary alicyclic amines) is 1. The minimum absolute atomic E-state index is 0.00577. The molecule has 1 N–H and O–H groups in total.